The Morgan fingerprint density at radius 3 is 2.23 bits per heavy atom. The average molecular weight is 835 g/mol. The highest BCUT2D eigenvalue weighted by molar-refractivity contribution is 9.10. The van der Waals surface area contributed by atoms with E-state index in [1.54, 1.807) is 24.3 Å². The van der Waals surface area contributed by atoms with Gasteiger partial charge in [0, 0.05) is 16.0 Å². The van der Waals surface area contributed by atoms with Gasteiger partial charge in [-0.25, -0.2) is 0 Å². The fourth-order valence-corrected chi connectivity index (χ4v) is 14.1. The van der Waals surface area contributed by atoms with Crippen LogP contribution in [0.4, 0.5) is 5.69 Å². The molecule has 0 radical (unpaired) electrons. The van der Waals surface area contributed by atoms with Gasteiger partial charge < -0.3 is 24.3 Å². The highest BCUT2D eigenvalue weighted by Gasteiger charge is 2.58. The van der Waals surface area contributed by atoms with E-state index < -0.39 is 27.3 Å². The molecule has 0 saturated carbocycles. The molecule has 290 valence electrons. The molecular formula is C45H49BBrNO7Si. The van der Waals surface area contributed by atoms with Gasteiger partial charge in [-0.1, -0.05) is 128 Å². The molecule has 4 atom stereocenters. The van der Waals surface area contributed by atoms with Gasteiger partial charge in [-0.15, -0.1) is 0 Å². The van der Waals surface area contributed by atoms with E-state index in [9.17, 15) is 24.7 Å². The molecule has 3 aliphatic rings. The van der Waals surface area contributed by atoms with Crippen molar-refractivity contribution >= 4 is 70.8 Å². The highest BCUT2D eigenvalue weighted by Crippen LogP contribution is 2.51. The van der Waals surface area contributed by atoms with Crippen LogP contribution >= 0.6 is 15.9 Å². The number of allylic oxidation sites excluding steroid dienone is 1. The maximum absolute atomic E-state index is 14.4. The number of carbonyl (C=O) groups excluding carboxylic acids is 2. The van der Waals surface area contributed by atoms with Crippen LogP contribution in [0.5, 0.6) is 5.75 Å². The number of halogens is 1. The minimum Gasteiger partial charge on any atom is -0.507 e. The lowest BCUT2D eigenvalue weighted by Gasteiger charge is -2.44. The predicted molar refractivity (Wildman–Crippen MR) is 227 cm³/mol. The summed E-state index contributed by atoms with van der Waals surface area (Å²) < 4.78 is 15.0. The second-order valence-corrected chi connectivity index (χ2v) is 21.4. The first-order chi connectivity index (χ1) is 26.8. The number of hydrogen-bond donors (Lipinski definition) is 3. The number of carbonyl (C=O) groups is 2. The molecule has 8 nitrogen and oxygen atoms in total. The van der Waals surface area contributed by atoms with Crippen molar-refractivity contribution in [3.63, 3.8) is 0 Å². The Hall–Kier alpha value is -4.10. The largest absolute Gasteiger partial charge is 0.507 e. The lowest BCUT2D eigenvalue weighted by molar-refractivity contribution is -0.122. The first kappa shape index (κ1) is 40.1. The summed E-state index contributed by atoms with van der Waals surface area (Å²) in [5.41, 5.74) is 4.52. The summed E-state index contributed by atoms with van der Waals surface area (Å²) in [5.74, 6) is -1.89. The van der Waals surface area contributed by atoms with Gasteiger partial charge in [0.25, 0.3) is 8.32 Å². The molecule has 7 rings (SSSR count). The fraction of sp³-hybridized carbons (Fsp3) is 0.333. The fourth-order valence-electron chi connectivity index (χ4n) is 9.17. The van der Waals surface area contributed by atoms with Gasteiger partial charge in [-0.2, -0.15) is 0 Å². The maximum atomic E-state index is 14.4. The Bertz CT molecular complexity index is 2110. The smallest absolute Gasteiger partial charge is 0.488 e. The van der Waals surface area contributed by atoms with Crippen LogP contribution < -0.4 is 20.7 Å². The molecule has 1 aliphatic carbocycles. The van der Waals surface area contributed by atoms with E-state index in [4.69, 9.17) is 9.16 Å². The van der Waals surface area contributed by atoms with Crippen molar-refractivity contribution in [2.45, 2.75) is 64.5 Å². The second-order valence-electron chi connectivity index (χ2n) is 16.2. The third kappa shape index (κ3) is 7.53. The topological polar surface area (TPSA) is 117 Å². The monoisotopic (exact) mass is 833 g/mol. The average Bonchev–Trinajstić information content (AvgIpc) is 3.72. The van der Waals surface area contributed by atoms with E-state index in [1.807, 2.05) is 30.3 Å². The molecule has 4 aromatic carbocycles. The lowest BCUT2D eigenvalue weighted by atomic mass is 9.69. The summed E-state index contributed by atoms with van der Waals surface area (Å²) in [6.45, 7) is 9.44. The van der Waals surface area contributed by atoms with Gasteiger partial charge in [0.15, 0.2) is 0 Å². The lowest BCUT2D eigenvalue weighted by Crippen LogP contribution is -2.66. The molecule has 0 bridgehead atoms. The van der Waals surface area contributed by atoms with Gasteiger partial charge >= 0.3 is 7.12 Å². The molecule has 0 spiro atoms. The molecule has 56 heavy (non-hydrogen) atoms. The molecule has 4 aromatic rings. The van der Waals surface area contributed by atoms with Gasteiger partial charge in [0.2, 0.25) is 11.8 Å². The Morgan fingerprint density at radius 1 is 0.929 bits per heavy atom. The summed E-state index contributed by atoms with van der Waals surface area (Å²) in [6.07, 6.45) is 4.30. The Morgan fingerprint density at radius 2 is 1.61 bits per heavy atom. The summed E-state index contributed by atoms with van der Waals surface area (Å²) >= 11 is 3.52. The first-order valence-corrected chi connectivity index (χ1v) is 22.1. The van der Waals surface area contributed by atoms with Crippen LogP contribution in [-0.2, 0) is 18.8 Å². The minimum absolute atomic E-state index is 0.205. The number of hydrogen-bond acceptors (Lipinski definition) is 7. The molecule has 2 heterocycles. The Balaban J connectivity index is 1.28. The molecule has 3 N–H and O–H groups in total. The standard InChI is InChI=1S/C45H49BBrNO7Si/c1-5-29(23-30-24-33(47)20-21-39(30)49)19-22-40-41-31(27-55-56(45(2,3)4,35-15-8-6-9-16-35)36-17-10-7-11-18-36)25-37-42(38(41)28-54-40)44(51)48(43(37)50)34-14-12-13-32(26-34)46(52)53/h6-18,20-21,23-24,26,37-38,40,42,49,52-53H,5,19,22,25,27-28H2,1-4H3/b29-23+/t37-,38+,40-,42-/m1/s1. The zero-order chi connectivity index (χ0) is 39.8. The van der Waals surface area contributed by atoms with Crippen LogP contribution in [0.25, 0.3) is 6.08 Å². The summed E-state index contributed by atoms with van der Waals surface area (Å²) in [6, 6.07) is 32.7. The van der Waals surface area contributed by atoms with Gasteiger partial charge in [0.05, 0.1) is 36.8 Å². The Kier molecular flexibility index (Phi) is 11.8. The van der Waals surface area contributed by atoms with Crippen LogP contribution in [0.2, 0.25) is 5.04 Å². The number of amides is 2. The number of rotatable bonds is 12. The number of aromatic hydroxyl groups is 1. The maximum Gasteiger partial charge on any atom is 0.488 e. The van der Waals surface area contributed by atoms with Crippen molar-refractivity contribution in [3.05, 3.63) is 130 Å². The van der Waals surface area contributed by atoms with Gasteiger partial charge in [0.1, 0.15) is 5.75 Å². The summed E-state index contributed by atoms with van der Waals surface area (Å²) in [5, 5.41) is 32.4. The molecule has 2 saturated heterocycles. The second kappa shape index (κ2) is 16.4. The normalized spacial score (nSPS) is 21.4. The predicted octanol–water partition coefficient (Wildman–Crippen LogP) is 6.51. The summed E-state index contributed by atoms with van der Waals surface area (Å²) in [7, 11) is -4.70. The highest BCUT2D eigenvalue weighted by atomic mass is 79.9. The van der Waals surface area contributed by atoms with E-state index in [1.165, 1.54) is 11.0 Å². The SMILES string of the molecule is CC/C(=C\c1cc(Br)ccc1O)CC[C@H]1OC[C@H]2C1=C(CO[Si](c1ccccc1)(c1ccccc1)C(C)(C)C)C[C@H]1C(=O)N(c3cccc(B(O)O)c3)C(=O)[C@H]12. The third-order valence-electron chi connectivity index (χ3n) is 11.8. The van der Waals surface area contributed by atoms with Crippen molar-refractivity contribution in [2.75, 3.05) is 18.1 Å². The number of fused-ring (bicyclic) bond motifs is 3. The molecular weight excluding hydrogens is 785 g/mol. The molecule has 0 unspecified atom stereocenters. The minimum atomic E-state index is -2.96. The number of phenols is 1. The number of ether oxygens (including phenoxy) is 1. The van der Waals surface area contributed by atoms with E-state index in [0.717, 1.165) is 50.0 Å². The first-order valence-electron chi connectivity index (χ1n) is 19.4. The van der Waals surface area contributed by atoms with E-state index in [2.05, 4.69) is 92.2 Å². The molecule has 2 fully saturated rings. The van der Waals surface area contributed by atoms with Crippen molar-refractivity contribution in [1.29, 1.82) is 0 Å². The number of imide groups is 1. The number of anilines is 1. The van der Waals surface area contributed by atoms with Crippen LogP contribution in [0, 0.1) is 17.8 Å². The molecule has 2 aliphatic heterocycles. The summed E-state index contributed by atoms with van der Waals surface area (Å²) in [4.78, 5) is 30.0. The Labute approximate surface area is 339 Å². The van der Waals surface area contributed by atoms with Crippen molar-refractivity contribution < 1.29 is 33.9 Å². The number of benzene rings is 4. The van der Waals surface area contributed by atoms with Crippen LogP contribution in [-0.4, -0.2) is 61.7 Å². The van der Waals surface area contributed by atoms with Crippen molar-refractivity contribution in [1.82, 2.24) is 0 Å². The van der Waals surface area contributed by atoms with E-state index in [0.29, 0.717) is 25.1 Å². The van der Waals surface area contributed by atoms with Gasteiger partial charge in [-0.05, 0) is 88.0 Å². The number of nitrogens with zero attached hydrogens (tertiary/aromatic N) is 1. The van der Waals surface area contributed by atoms with E-state index >= 15 is 0 Å². The quantitative estimate of drug-likeness (QED) is 0.0848. The third-order valence-corrected chi connectivity index (χ3v) is 17.3. The van der Waals surface area contributed by atoms with Crippen molar-refractivity contribution in [3.8, 4) is 5.75 Å². The zero-order valence-corrected chi connectivity index (χ0v) is 34.9. The van der Waals surface area contributed by atoms with Crippen LogP contribution in [0.15, 0.2) is 124 Å². The zero-order valence-electron chi connectivity index (χ0n) is 32.3. The van der Waals surface area contributed by atoms with Gasteiger partial charge in [-0.3, -0.25) is 14.5 Å². The van der Waals surface area contributed by atoms with E-state index in [-0.39, 0.29) is 46.7 Å². The van der Waals surface area contributed by atoms with Crippen LogP contribution in [0.1, 0.15) is 58.9 Å². The molecule has 0 aromatic heterocycles. The molecule has 2 amide bonds. The number of phenolic OH excluding ortho intramolecular Hbond substituents is 1. The molecule has 11 heteroatoms. The van der Waals surface area contributed by atoms with Crippen LogP contribution in [0.3, 0.4) is 0 Å². The van der Waals surface area contributed by atoms with Crippen molar-refractivity contribution in [2.24, 2.45) is 17.8 Å².